The van der Waals surface area contributed by atoms with Gasteiger partial charge in [0.1, 0.15) is 5.82 Å². The Hall–Kier alpha value is -2.58. The molecular weight excluding hydrogens is 396 g/mol. The minimum atomic E-state index is -0.112. The maximum Gasteiger partial charge on any atom is 0.251 e. The summed E-state index contributed by atoms with van der Waals surface area (Å²) in [4.78, 5) is 35.2. The molecule has 1 aliphatic heterocycles. The quantitative estimate of drug-likeness (QED) is 0.460. The summed E-state index contributed by atoms with van der Waals surface area (Å²) in [7, 11) is 0. The van der Waals surface area contributed by atoms with E-state index in [1.54, 1.807) is 30.2 Å². The summed E-state index contributed by atoms with van der Waals surface area (Å²) in [5.74, 6) is 1.93. The van der Waals surface area contributed by atoms with Crippen molar-refractivity contribution in [2.45, 2.75) is 43.8 Å². The Bertz CT molecular complexity index is 1000. The third-order valence-electron chi connectivity index (χ3n) is 5.23. The number of piperidine rings is 1. The molecule has 8 heteroatoms. The molecule has 4 heterocycles. The summed E-state index contributed by atoms with van der Waals surface area (Å²) >= 11 is 1.70. The summed E-state index contributed by atoms with van der Waals surface area (Å²) in [5.41, 5.74) is 2.73. The SMILES string of the molecule is CCCSc1ncc(CN2CCC(c3cc(=O)[nH]c(-c4cccnc4)n3)CC2)cn1. The van der Waals surface area contributed by atoms with Gasteiger partial charge < -0.3 is 4.98 Å². The van der Waals surface area contributed by atoms with E-state index in [0.717, 1.165) is 66.6 Å². The summed E-state index contributed by atoms with van der Waals surface area (Å²) in [6.07, 6.45) is 10.4. The van der Waals surface area contributed by atoms with Gasteiger partial charge >= 0.3 is 0 Å². The predicted molar refractivity (Wildman–Crippen MR) is 118 cm³/mol. The summed E-state index contributed by atoms with van der Waals surface area (Å²) in [6.45, 7) is 4.95. The fourth-order valence-electron chi connectivity index (χ4n) is 3.66. The van der Waals surface area contributed by atoms with Crippen LogP contribution in [0.1, 0.15) is 43.4 Å². The molecule has 0 bridgehead atoms. The van der Waals surface area contributed by atoms with Crippen molar-refractivity contribution in [3.63, 3.8) is 0 Å². The normalized spacial score (nSPS) is 15.4. The number of rotatable bonds is 7. The molecule has 1 N–H and O–H groups in total. The number of H-pyrrole nitrogens is 1. The maximum absolute atomic E-state index is 12.2. The predicted octanol–water partition coefficient (Wildman–Crippen LogP) is 3.50. The summed E-state index contributed by atoms with van der Waals surface area (Å²) < 4.78 is 0. The third-order valence-corrected chi connectivity index (χ3v) is 6.31. The second-order valence-electron chi connectivity index (χ2n) is 7.53. The fourth-order valence-corrected chi connectivity index (χ4v) is 4.30. The first kappa shape index (κ1) is 20.7. The number of hydrogen-bond donors (Lipinski definition) is 1. The third kappa shape index (κ3) is 5.31. The highest BCUT2D eigenvalue weighted by molar-refractivity contribution is 7.99. The minimum absolute atomic E-state index is 0.112. The van der Waals surface area contributed by atoms with E-state index < -0.39 is 0 Å². The van der Waals surface area contributed by atoms with Crippen LogP contribution in [0.3, 0.4) is 0 Å². The number of likely N-dealkylation sites (tertiary alicyclic amines) is 1. The number of nitrogens with one attached hydrogen (secondary N) is 1. The van der Waals surface area contributed by atoms with Crippen molar-refractivity contribution in [3.8, 4) is 11.4 Å². The Kier molecular flexibility index (Phi) is 6.86. The van der Waals surface area contributed by atoms with E-state index in [9.17, 15) is 4.79 Å². The topological polar surface area (TPSA) is 87.7 Å². The highest BCUT2D eigenvalue weighted by Crippen LogP contribution is 2.27. The Labute approximate surface area is 180 Å². The molecule has 0 spiro atoms. The molecule has 3 aromatic rings. The number of nitrogens with zero attached hydrogens (tertiary/aromatic N) is 5. The van der Waals surface area contributed by atoms with Crippen molar-refractivity contribution >= 4 is 11.8 Å². The standard InChI is InChI=1S/C22H26N6OS/c1-2-10-30-22-24-12-16(13-25-22)15-28-8-5-17(6-9-28)19-11-20(29)27-21(26-19)18-4-3-7-23-14-18/h3-4,7,11-14,17H,2,5-6,8-10,15H2,1H3,(H,26,27,29). The van der Waals surface area contributed by atoms with E-state index in [1.165, 1.54) is 0 Å². The Morgan fingerprint density at radius 2 is 2.00 bits per heavy atom. The Balaban J connectivity index is 1.37. The van der Waals surface area contributed by atoms with Gasteiger partial charge in [0.25, 0.3) is 5.56 Å². The van der Waals surface area contributed by atoms with Crippen molar-refractivity contribution in [2.24, 2.45) is 0 Å². The molecule has 0 radical (unpaired) electrons. The lowest BCUT2D eigenvalue weighted by Crippen LogP contribution is -2.33. The van der Waals surface area contributed by atoms with Gasteiger partial charge in [-0.05, 0) is 44.5 Å². The van der Waals surface area contributed by atoms with Crippen molar-refractivity contribution in [2.75, 3.05) is 18.8 Å². The molecule has 1 fully saturated rings. The van der Waals surface area contributed by atoms with Crippen LogP contribution in [0.5, 0.6) is 0 Å². The average molecular weight is 423 g/mol. The smallest absolute Gasteiger partial charge is 0.251 e. The van der Waals surface area contributed by atoms with E-state index in [2.05, 4.69) is 31.8 Å². The first-order valence-corrected chi connectivity index (χ1v) is 11.4. The van der Waals surface area contributed by atoms with Crippen LogP contribution in [0.2, 0.25) is 0 Å². The fraction of sp³-hybridized carbons (Fsp3) is 0.409. The first-order valence-electron chi connectivity index (χ1n) is 10.4. The van der Waals surface area contributed by atoms with Gasteiger partial charge in [0.05, 0.1) is 5.69 Å². The highest BCUT2D eigenvalue weighted by atomic mass is 32.2. The van der Waals surface area contributed by atoms with Gasteiger partial charge in [0.2, 0.25) is 0 Å². The highest BCUT2D eigenvalue weighted by Gasteiger charge is 2.23. The van der Waals surface area contributed by atoms with Gasteiger partial charge in [0.15, 0.2) is 5.16 Å². The molecule has 7 nitrogen and oxygen atoms in total. The summed E-state index contributed by atoms with van der Waals surface area (Å²) in [6, 6.07) is 5.39. The molecule has 0 aromatic carbocycles. The van der Waals surface area contributed by atoms with E-state index in [4.69, 9.17) is 4.98 Å². The van der Waals surface area contributed by atoms with Crippen LogP contribution in [0, 0.1) is 0 Å². The Morgan fingerprint density at radius 1 is 1.20 bits per heavy atom. The van der Waals surface area contributed by atoms with E-state index in [-0.39, 0.29) is 5.56 Å². The first-order chi connectivity index (χ1) is 14.7. The molecule has 4 rings (SSSR count). The van der Waals surface area contributed by atoms with Gasteiger partial charge in [-0.25, -0.2) is 15.0 Å². The van der Waals surface area contributed by atoms with Gasteiger partial charge in [-0.3, -0.25) is 14.7 Å². The van der Waals surface area contributed by atoms with E-state index in [1.807, 2.05) is 24.5 Å². The number of aromatic nitrogens is 5. The van der Waals surface area contributed by atoms with Gasteiger partial charge in [0, 0.05) is 60.2 Å². The lowest BCUT2D eigenvalue weighted by Gasteiger charge is -2.31. The summed E-state index contributed by atoms with van der Waals surface area (Å²) in [5, 5.41) is 0.851. The monoisotopic (exact) mass is 422 g/mol. The molecule has 156 valence electrons. The molecule has 0 amide bonds. The van der Waals surface area contributed by atoms with Crippen LogP contribution in [-0.4, -0.2) is 48.7 Å². The molecule has 0 aliphatic carbocycles. The van der Waals surface area contributed by atoms with Gasteiger partial charge in [-0.2, -0.15) is 0 Å². The molecule has 1 aliphatic rings. The van der Waals surface area contributed by atoms with Gasteiger partial charge in [-0.1, -0.05) is 18.7 Å². The van der Waals surface area contributed by atoms with Crippen LogP contribution in [0.25, 0.3) is 11.4 Å². The van der Waals surface area contributed by atoms with E-state index >= 15 is 0 Å². The van der Waals surface area contributed by atoms with Crippen LogP contribution in [-0.2, 0) is 6.54 Å². The molecule has 3 aromatic heterocycles. The van der Waals surface area contributed by atoms with Crippen LogP contribution >= 0.6 is 11.8 Å². The molecular formula is C22H26N6OS. The molecule has 1 saturated heterocycles. The Morgan fingerprint density at radius 3 is 2.70 bits per heavy atom. The largest absolute Gasteiger partial charge is 0.306 e. The second kappa shape index (κ2) is 9.95. The number of hydrogen-bond acceptors (Lipinski definition) is 7. The maximum atomic E-state index is 12.2. The van der Waals surface area contributed by atoms with Crippen LogP contribution in [0.4, 0.5) is 0 Å². The number of aromatic amines is 1. The zero-order chi connectivity index (χ0) is 20.8. The second-order valence-corrected chi connectivity index (χ2v) is 8.60. The average Bonchev–Trinajstić information content (AvgIpc) is 2.79. The lowest BCUT2D eigenvalue weighted by molar-refractivity contribution is 0.202. The minimum Gasteiger partial charge on any atom is -0.306 e. The lowest BCUT2D eigenvalue weighted by atomic mass is 9.93. The van der Waals surface area contributed by atoms with Crippen LogP contribution in [0.15, 0.2) is 52.9 Å². The van der Waals surface area contributed by atoms with Crippen molar-refractivity contribution in [1.82, 2.24) is 29.8 Å². The zero-order valence-electron chi connectivity index (χ0n) is 17.1. The van der Waals surface area contributed by atoms with Crippen molar-refractivity contribution in [1.29, 1.82) is 0 Å². The van der Waals surface area contributed by atoms with Crippen LogP contribution < -0.4 is 5.56 Å². The zero-order valence-corrected chi connectivity index (χ0v) is 17.9. The molecule has 30 heavy (non-hydrogen) atoms. The number of pyridine rings is 1. The molecule has 0 saturated carbocycles. The van der Waals surface area contributed by atoms with Gasteiger partial charge in [-0.15, -0.1) is 0 Å². The molecule has 0 atom stereocenters. The van der Waals surface area contributed by atoms with E-state index in [0.29, 0.717) is 11.7 Å². The molecule has 0 unspecified atom stereocenters. The van der Waals surface area contributed by atoms with Crippen molar-refractivity contribution in [3.05, 3.63) is 64.6 Å². The van der Waals surface area contributed by atoms with Crippen molar-refractivity contribution < 1.29 is 0 Å². The number of thioether (sulfide) groups is 1.